The highest BCUT2D eigenvalue weighted by Crippen LogP contribution is 2.24. The Balaban J connectivity index is 1.86. The van der Waals surface area contributed by atoms with Gasteiger partial charge < -0.3 is 15.7 Å². The van der Waals surface area contributed by atoms with Gasteiger partial charge in [0.05, 0.1) is 11.8 Å². The van der Waals surface area contributed by atoms with Crippen LogP contribution in [0.15, 0.2) is 18.2 Å². The summed E-state index contributed by atoms with van der Waals surface area (Å²) in [6.07, 6.45) is 1.99. The minimum Gasteiger partial charge on any atom is -0.393 e. The van der Waals surface area contributed by atoms with Gasteiger partial charge in [0.25, 0.3) is 0 Å². The summed E-state index contributed by atoms with van der Waals surface area (Å²) in [6.45, 7) is 0.233. The second-order valence-corrected chi connectivity index (χ2v) is 5.48. The second kappa shape index (κ2) is 6.87. The molecule has 7 heteroatoms. The molecule has 2 atom stereocenters. The molecule has 3 N–H and O–H groups in total. The number of halogens is 2. The van der Waals surface area contributed by atoms with Gasteiger partial charge in [-0.05, 0) is 31.0 Å². The first-order valence-electron chi connectivity index (χ1n) is 6.69. The molecule has 0 saturated heterocycles. The van der Waals surface area contributed by atoms with E-state index in [1.807, 2.05) is 0 Å². The zero-order chi connectivity index (χ0) is 15.4. The monoisotopic (exact) mass is 314 g/mol. The normalized spacial score (nSPS) is 21.1. The van der Waals surface area contributed by atoms with E-state index in [2.05, 4.69) is 10.6 Å². The van der Waals surface area contributed by atoms with Crippen molar-refractivity contribution in [3.05, 3.63) is 29.0 Å². The molecule has 21 heavy (non-hydrogen) atoms. The smallest absolute Gasteiger partial charge is 0.313 e. The molecule has 1 fully saturated rings. The lowest BCUT2D eigenvalue weighted by molar-refractivity contribution is -0.136. The molecule has 0 aliphatic heterocycles. The molecule has 0 aromatic heterocycles. The summed E-state index contributed by atoms with van der Waals surface area (Å²) < 4.78 is 13.5. The molecule has 2 rings (SSSR count). The Labute approximate surface area is 126 Å². The van der Waals surface area contributed by atoms with E-state index in [9.17, 15) is 19.1 Å². The fourth-order valence-corrected chi connectivity index (χ4v) is 2.49. The van der Waals surface area contributed by atoms with Gasteiger partial charge in [-0.3, -0.25) is 9.59 Å². The van der Waals surface area contributed by atoms with Crippen LogP contribution in [0.3, 0.4) is 0 Å². The minimum absolute atomic E-state index is 0.0333. The highest BCUT2D eigenvalue weighted by atomic mass is 35.5. The average molecular weight is 315 g/mol. The number of hydrogen-bond donors (Lipinski definition) is 3. The maximum atomic E-state index is 13.5. The first-order valence-corrected chi connectivity index (χ1v) is 7.07. The fraction of sp³-hybridized carbons (Fsp3) is 0.429. The average Bonchev–Trinajstić information content (AvgIpc) is 2.84. The molecule has 0 radical (unpaired) electrons. The number of rotatable bonds is 3. The number of carbonyl (C=O) groups is 2. The van der Waals surface area contributed by atoms with Gasteiger partial charge in [0.15, 0.2) is 0 Å². The molecule has 1 aliphatic rings. The highest BCUT2D eigenvalue weighted by molar-refractivity contribution is 6.39. The molecule has 0 spiro atoms. The lowest BCUT2D eigenvalue weighted by Crippen LogP contribution is -2.39. The van der Waals surface area contributed by atoms with Gasteiger partial charge in [-0.2, -0.15) is 0 Å². The van der Waals surface area contributed by atoms with Crippen LogP contribution >= 0.6 is 11.6 Å². The Kier molecular flexibility index (Phi) is 5.14. The van der Waals surface area contributed by atoms with Crippen LogP contribution in [-0.2, 0) is 9.59 Å². The second-order valence-electron chi connectivity index (χ2n) is 5.05. The van der Waals surface area contributed by atoms with Crippen LogP contribution in [0.1, 0.15) is 19.3 Å². The third-order valence-electron chi connectivity index (χ3n) is 3.53. The number of carbonyl (C=O) groups excluding carboxylic acids is 2. The van der Waals surface area contributed by atoms with Crippen LogP contribution < -0.4 is 10.6 Å². The quantitative estimate of drug-likeness (QED) is 0.743. The first-order chi connectivity index (χ1) is 9.97. The standard InChI is InChI=1S/C14H16ClFN2O3/c15-9-4-5-11(10(16)6-9)18-14(21)13(20)17-7-8-2-1-3-12(8)19/h4-6,8,12,19H,1-3,7H2,(H,17,20)(H,18,21). The molecular formula is C14H16ClFN2O3. The van der Waals surface area contributed by atoms with Crippen molar-refractivity contribution < 1.29 is 19.1 Å². The van der Waals surface area contributed by atoms with E-state index in [4.69, 9.17) is 11.6 Å². The highest BCUT2D eigenvalue weighted by Gasteiger charge is 2.26. The molecule has 114 valence electrons. The molecule has 2 unspecified atom stereocenters. The van der Waals surface area contributed by atoms with Crippen molar-refractivity contribution in [1.82, 2.24) is 5.32 Å². The maximum Gasteiger partial charge on any atom is 0.313 e. The SMILES string of the molecule is O=C(NCC1CCCC1O)C(=O)Nc1ccc(Cl)cc1F. The molecule has 0 bridgehead atoms. The number of hydrogen-bond acceptors (Lipinski definition) is 3. The predicted octanol–water partition coefficient (Wildman–Crippen LogP) is 1.69. The van der Waals surface area contributed by atoms with Gasteiger partial charge in [-0.1, -0.05) is 18.0 Å². The van der Waals surface area contributed by atoms with Gasteiger partial charge in [0.2, 0.25) is 0 Å². The fourth-order valence-electron chi connectivity index (χ4n) is 2.33. The minimum atomic E-state index is -0.955. The Morgan fingerprint density at radius 1 is 1.33 bits per heavy atom. The van der Waals surface area contributed by atoms with Crippen LogP contribution in [0.2, 0.25) is 5.02 Å². The number of nitrogens with one attached hydrogen (secondary N) is 2. The van der Waals surface area contributed by atoms with Crippen molar-refractivity contribution in [2.75, 3.05) is 11.9 Å². The third kappa shape index (κ3) is 4.15. The van der Waals surface area contributed by atoms with Gasteiger partial charge >= 0.3 is 11.8 Å². The van der Waals surface area contributed by atoms with Crippen molar-refractivity contribution in [3.8, 4) is 0 Å². The van der Waals surface area contributed by atoms with Crippen molar-refractivity contribution in [2.24, 2.45) is 5.92 Å². The lowest BCUT2D eigenvalue weighted by atomic mass is 10.1. The number of aliphatic hydroxyl groups excluding tert-OH is 1. The predicted molar refractivity (Wildman–Crippen MR) is 76.4 cm³/mol. The van der Waals surface area contributed by atoms with E-state index < -0.39 is 23.7 Å². The summed E-state index contributed by atoms with van der Waals surface area (Å²) in [5.41, 5.74) is -0.111. The van der Waals surface area contributed by atoms with Crippen LogP contribution in [0.5, 0.6) is 0 Å². The number of aliphatic hydroxyl groups is 1. The van der Waals surface area contributed by atoms with Crippen molar-refractivity contribution in [3.63, 3.8) is 0 Å². The Morgan fingerprint density at radius 2 is 2.10 bits per heavy atom. The summed E-state index contributed by atoms with van der Waals surface area (Å²) in [7, 11) is 0. The Bertz CT molecular complexity index is 553. The van der Waals surface area contributed by atoms with Crippen LogP contribution in [-0.4, -0.2) is 29.6 Å². The van der Waals surface area contributed by atoms with E-state index in [1.165, 1.54) is 12.1 Å². The molecule has 2 amide bonds. The molecule has 1 aromatic carbocycles. The first kappa shape index (κ1) is 15.7. The largest absolute Gasteiger partial charge is 0.393 e. The maximum absolute atomic E-state index is 13.5. The van der Waals surface area contributed by atoms with E-state index in [1.54, 1.807) is 0 Å². The summed E-state index contributed by atoms with van der Waals surface area (Å²) in [5, 5.41) is 14.4. The van der Waals surface area contributed by atoms with Crippen LogP contribution in [0, 0.1) is 11.7 Å². The zero-order valence-electron chi connectivity index (χ0n) is 11.2. The molecule has 5 nitrogen and oxygen atoms in total. The van der Waals surface area contributed by atoms with Crippen molar-refractivity contribution in [1.29, 1.82) is 0 Å². The van der Waals surface area contributed by atoms with Gasteiger partial charge in [0, 0.05) is 17.5 Å². The molecular weight excluding hydrogens is 299 g/mol. The van der Waals surface area contributed by atoms with E-state index in [-0.39, 0.29) is 23.2 Å². The summed E-state index contributed by atoms with van der Waals surface area (Å²) >= 11 is 5.60. The van der Waals surface area contributed by atoms with Gasteiger partial charge in [-0.15, -0.1) is 0 Å². The summed E-state index contributed by atoms with van der Waals surface area (Å²) in [6, 6.07) is 3.74. The van der Waals surface area contributed by atoms with Crippen LogP contribution in [0.25, 0.3) is 0 Å². The molecule has 0 heterocycles. The van der Waals surface area contributed by atoms with E-state index >= 15 is 0 Å². The van der Waals surface area contributed by atoms with Crippen LogP contribution in [0.4, 0.5) is 10.1 Å². The van der Waals surface area contributed by atoms with Gasteiger partial charge in [-0.25, -0.2) is 4.39 Å². The number of benzene rings is 1. The Morgan fingerprint density at radius 3 is 2.71 bits per heavy atom. The summed E-state index contributed by atoms with van der Waals surface area (Å²) in [4.78, 5) is 23.3. The molecule has 1 saturated carbocycles. The third-order valence-corrected chi connectivity index (χ3v) is 3.76. The number of anilines is 1. The molecule has 1 aliphatic carbocycles. The molecule has 1 aromatic rings. The van der Waals surface area contributed by atoms with Gasteiger partial charge in [0.1, 0.15) is 5.82 Å². The Hall–Kier alpha value is -1.66. The summed E-state index contributed by atoms with van der Waals surface area (Å²) in [5.74, 6) is -2.56. The topological polar surface area (TPSA) is 78.4 Å². The van der Waals surface area contributed by atoms with Crippen molar-refractivity contribution >= 4 is 29.1 Å². The van der Waals surface area contributed by atoms with Crippen molar-refractivity contribution in [2.45, 2.75) is 25.4 Å². The van der Waals surface area contributed by atoms with E-state index in [0.717, 1.165) is 18.9 Å². The zero-order valence-corrected chi connectivity index (χ0v) is 12.0. The lowest BCUT2D eigenvalue weighted by Gasteiger charge is -2.14. The number of amides is 2. The van der Waals surface area contributed by atoms with E-state index in [0.29, 0.717) is 6.42 Å².